The second kappa shape index (κ2) is 8.22. The molecular formula is C24H25N5O3. The Bertz CT molecular complexity index is 1240. The maximum atomic E-state index is 13.0. The van der Waals surface area contributed by atoms with Gasteiger partial charge < -0.3 is 15.3 Å². The number of para-hydroxylation sites is 2. The smallest absolute Gasteiger partial charge is 0.328 e. The molecule has 0 aliphatic carbocycles. The van der Waals surface area contributed by atoms with Crippen molar-refractivity contribution in [3.8, 4) is 5.88 Å². The van der Waals surface area contributed by atoms with Gasteiger partial charge in [0.2, 0.25) is 11.7 Å². The van der Waals surface area contributed by atoms with Crippen molar-refractivity contribution >= 4 is 34.1 Å². The summed E-state index contributed by atoms with van der Waals surface area (Å²) in [6, 6.07) is 13.8. The Kier molecular flexibility index (Phi) is 5.24. The number of piperazine rings is 1. The van der Waals surface area contributed by atoms with Crippen molar-refractivity contribution < 1.29 is 14.7 Å². The summed E-state index contributed by atoms with van der Waals surface area (Å²) in [4.78, 5) is 35.1. The maximum absolute atomic E-state index is 13.0. The SMILES string of the molecule is CN1CCN(CCNC(=O)n2c(O)c(C3=Nc4ccccc4C3=O)c3ccccc32)CC1. The molecule has 2 aliphatic heterocycles. The number of nitrogens with zero attached hydrogens (tertiary/aromatic N) is 4. The normalized spacial score (nSPS) is 16.9. The molecule has 164 valence electrons. The van der Waals surface area contributed by atoms with Crippen molar-refractivity contribution in [2.45, 2.75) is 0 Å². The summed E-state index contributed by atoms with van der Waals surface area (Å²) in [6.45, 7) is 5.17. The molecule has 2 aromatic carbocycles. The quantitative estimate of drug-likeness (QED) is 0.662. The number of aromatic hydroxyl groups is 1. The highest BCUT2D eigenvalue weighted by molar-refractivity contribution is 6.56. The number of rotatable bonds is 4. The molecular weight excluding hydrogens is 406 g/mol. The van der Waals surface area contributed by atoms with Crippen molar-refractivity contribution in [2.75, 3.05) is 46.3 Å². The molecule has 5 rings (SSSR count). The standard InChI is InChI=1S/C24H25N5O3/c1-27-12-14-28(15-13-27)11-10-25-24(32)29-19-9-5-3-7-17(19)20(23(29)31)21-22(30)16-6-2-4-8-18(16)26-21/h2-9,31H,10-15H2,1H3,(H,25,32). The molecule has 1 fully saturated rings. The third-order valence-electron chi connectivity index (χ3n) is 6.19. The van der Waals surface area contributed by atoms with Gasteiger partial charge in [0, 0.05) is 50.2 Å². The third-order valence-corrected chi connectivity index (χ3v) is 6.19. The summed E-state index contributed by atoms with van der Waals surface area (Å²) < 4.78 is 1.23. The van der Waals surface area contributed by atoms with Crippen molar-refractivity contribution in [2.24, 2.45) is 4.99 Å². The molecule has 3 aromatic rings. The van der Waals surface area contributed by atoms with Gasteiger partial charge >= 0.3 is 6.03 Å². The largest absolute Gasteiger partial charge is 0.494 e. The number of amides is 1. The fraction of sp³-hybridized carbons (Fsp3) is 0.292. The van der Waals surface area contributed by atoms with Crippen LogP contribution in [0.2, 0.25) is 0 Å². The van der Waals surface area contributed by atoms with Crippen LogP contribution in [0.3, 0.4) is 0 Å². The van der Waals surface area contributed by atoms with E-state index in [1.807, 2.05) is 12.1 Å². The highest BCUT2D eigenvalue weighted by atomic mass is 16.3. The highest BCUT2D eigenvalue weighted by Crippen LogP contribution is 2.37. The molecule has 0 unspecified atom stereocenters. The van der Waals surface area contributed by atoms with Gasteiger partial charge in [0.1, 0.15) is 5.71 Å². The first-order valence-corrected chi connectivity index (χ1v) is 10.8. The van der Waals surface area contributed by atoms with E-state index < -0.39 is 6.03 Å². The zero-order chi connectivity index (χ0) is 22.2. The van der Waals surface area contributed by atoms with E-state index in [0.29, 0.717) is 28.7 Å². The van der Waals surface area contributed by atoms with Gasteiger partial charge in [0.25, 0.3) is 0 Å². The number of aromatic nitrogens is 1. The van der Waals surface area contributed by atoms with E-state index in [2.05, 4.69) is 27.2 Å². The molecule has 0 saturated carbocycles. The lowest BCUT2D eigenvalue weighted by atomic mass is 10.0. The number of nitrogens with one attached hydrogen (secondary N) is 1. The number of likely N-dealkylation sites (N-methyl/N-ethyl adjacent to an activating group) is 1. The summed E-state index contributed by atoms with van der Waals surface area (Å²) >= 11 is 0. The lowest BCUT2D eigenvalue weighted by Gasteiger charge is -2.32. The van der Waals surface area contributed by atoms with Crippen LogP contribution in [0.4, 0.5) is 10.5 Å². The van der Waals surface area contributed by atoms with Crippen LogP contribution in [0.25, 0.3) is 10.9 Å². The van der Waals surface area contributed by atoms with Crippen molar-refractivity contribution in [3.63, 3.8) is 0 Å². The lowest BCUT2D eigenvalue weighted by molar-refractivity contribution is 0.107. The number of Topliss-reactive ketones (excluding diaryl/α,β-unsaturated/α-hetero) is 1. The van der Waals surface area contributed by atoms with Gasteiger partial charge in [-0.15, -0.1) is 0 Å². The third kappa shape index (κ3) is 3.47. The molecule has 2 N–H and O–H groups in total. The van der Waals surface area contributed by atoms with Crippen LogP contribution in [0.1, 0.15) is 15.9 Å². The van der Waals surface area contributed by atoms with E-state index in [1.165, 1.54) is 4.57 Å². The minimum atomic E-state index is -0.428. The predicted molar refractivity (Wildman–Crippen MR) is 123 cm³/mol. The van der Waals surface area contributed by atoms with Gasteiger partial charge in [-0.1, -0.05) is 30.3 Å². The second-order valence-electron chi connectivity index (χ2n) is 8.23. The molecule has 8 nitrogen and oxygen atoms in total. The van der Waals surface area contributed by atoms with E-state index in [4.69, 9.17) is 0 Å². The molecule has 3 heterocycles. The first kappa shape index (κ1) is 20.4. The molecule has 0 radical (unpaired) electrons. The van der Waals surface area contributed by atoms with Crippen molar-refractivity contribution in [3.05, 3.63) is 59.7 Å². The van der Waals surface area contributed by atoms with Gasteiger partial charge in [0.15, 0.2) is 0 Å². The topological polar surface area (TPSA) is 90.2 Å². The van der Waals surface area contributed by atoms with Gasteiger partial charge in [0.05, 0.1) is 16.8 Å². The monoisotopic (exact) mass is 431 g/mol. The lowest BCUT2D eigenvalue weighted by Crippen LogP contribution is -2.47. The number of ketones is 1. The molecule has 1 aromatic heterocycles. The van der Waals surface area contributed by atoms with Crippen LogP contribution in [0.5, 0.6) is 5.88 Å². The molecule has 0 spiro atoms. The Hall–Kier alpha value is -3.49. The van der Waals surface area contributed by atoms with E-state index in [-0.39, 0.29) is 22.9 Å². The average molecular weight is 431 g/mol. The number of carbonyl (C=O) groups is 2. The summed E-state index contributed by atoms with van der Waals surface area (Å²) in [5.41, 5.74) is 2.04. The van der Waals surface area contributed by atoms with Crippen LogP contribution in [0.15, 0.2) is 53.5 Å². The first-order valence-electron chi connectivity index (χ1n) is 10.8. The Morgan fingerprint density at radius 3 is 2.56 bits per heavy atom. The summed E-state index contributed by atoms with van der Waals surface area (Å²) in [7, 11) is 2.11. The van der Waals surface area contributed by atoms with Crippen LogP contribution in [-0.4, -0.2) is 83.3 Å². The minimum Gasteiger partial charge on any atom is -0.494 e. The van der Waals surface area contributed by atoms with Crippen LogP contribution >= 0.6 is 0 Å². The zero-order valence-electron chi connectivity index (χ0n) is 17.9. The fourth-order valence-electron chi connectivity index (χ4n) is 4.37. The van der Waals surface area contributed by atoms with Gasteiger partial charge in [-0.3, -0.25) is 9.69 Å². The molecule has 1 amide bonds. The number of carbonyl (C=O) groups excluding carboxylic acids is 2. The van der Waals surface area contributed by atoms with Gasteiger partial charge in [-0.05, 0) is 25.2 Å². The van der Waals surface area contributed by atoms with E-state index in [9.17, 15) is 14.7 Å². The Labute approximate surface area is 185 Å². The van der Waals surface area contributed by atoms with E-state index in [1.54, 1.807) is 36.4 Å². The zero-order valence-corrected chi connectivity index (χ0v) is 17.9. The molecule has 1 saturated heterocycles. The Balaban J connectivity index is 1.42. The fourth-order valence-corrected chi connectivity index (χ4v) is 4.37. The summed E-state index contributed by atoms with van der Waals surface area (Å²) in [5.74, 6) is -0.530. The maximum Gasteiger partial charge on any atom is 0.328 e. The molecule has 0 atom stereocenters. The second-order valence-corrected chi connectivity index (χ2v) is 8.23. The van der Waals surface area contributed by atoms with Crippen LogP contribution in [-0.2, 0) is 0 Å². The van der Waals surface area contributed by atoms with Crippen molar-refractivity contribution in [1.82, 2.24) is 19.7 Å². The summed E-state index contributed by atoms with van der Waals surface area (Å²) in [6.07, 6.45) is 0. The van der Waals surface area contributed by atoms with E-state index in [0.717, 1.165) is 32.7 Å². The molecule has 0 bridgehead atoms. The number of fused-ring (bicyclic) bond motifs is 2. The Morgan fingerprint density at radius 2 is 1.78 bits per heavy atom. The number of hydrogen-bond donors (Lipinski definition) is 2. The van der Waals surface area contributed by atoms with Gasteiger partial charge in [-0.25, -0.2) is 14.4 Å². The predicted octanol–water partition coefficient (Wildman–Crippen LogP) is 2.47. The molecule has 8 heteroatoms. The summed E-state index contributed by atoms with van der Waals surface area (Å²) in [5, 5.41) is 14.6. The number of hydrogen-bond acceptors (Lipinski definition) is 6. The Morgan fingerprint density at radius 1 is 1.06 bits per heavy atom. The molecule has 32 heavy (non-hydrogen) atoms. The average Bonchev–Trinajstić information content (AvgIpc) is 3.28. The minimum absolute atomic E-state index is 0.156. The molecule has 2 aliphatic rings. The number of benzene rings is 2. The van der Waals surface area contributed by atoms with Crippen LogP contribution in [0, 0.1) is 0 Å². The van der Waals surface area contributed by atoms with Gasteiger partial charge in [-0.2, -0.15) is 0 Å². The number of aliphatic imine (C=N–C) groups is 1. The van der Waals surface area contributed by atoms with Crippen molar-refractivity contribution in [1.29, 1.82) is 0 Å². The first-order chi connectivity index (χ1) is 15.5. The van der Waals surface area contributed by atoms with E-state index >= 15 is 0 Å². The highest BCUT2D eigenvalue weighted by Gasteiger charge is 2.32. The van der Waals surface area contributed by atoms with Crippen LogP contribution < -0.4 is 5.32 Å².